The minimum atomic E-state index is -0.875. The van der Waals surface area contributed by atoms with E-state index in [1.165, 1.54) is 40.0 Å². The number of ether oxygens (including phenoxy) is 1. The number of pyridine rings is 1. The van der Waals surface area contributed by atoms with Crippen molar-refractivity contribution in [3.63, 3.8) is 0 Å². The van der Waals surface area contributed by atoms with Crippen molar-refractivity contribution in [2.75, 3.05) is 24.3 Å². The highest BCUT2D eigenvalue weighted by atomic mass is 35.5. The van der Waals surface area contributed by atoms with Gasteiger partial charge in [-0.15, -0.1) is 11.3 Å². The Labute approximate surface area is 220 Å². The minimum absolute atomic E-state index is 0.0575. The fourth-order valence-corrected chi connectivity index (χ4v) is 5.25. The Morgan fingerprint density at radius 3 is 2.62 bits per heavy atom. The van der Waals surface area contributed by atoms with Gasteiger partial charge in [0.1, 0.15) is 16.6 Å². The van der Waals surface area contributed by atoms with Crippen LogP contribution < -0.4 is 16.2 Å². The number of carbonyl (C=O) groups is 2. The standard InChI is InChI=1S/C26H22ClFN4O4S/c1-36-19-13-22(32(14-19)26(35)29-17-4-2-16(27)3-5-17)24(33)30-21-7-6-18(12-20(21)28)31-10-8-15-9-11-37-23(15)25(31)34/h2-12,19,22H,13-14H2,1H3,(H,29,35)(H,30,33)/t19-,22-/m1/s1. The maximum Gasteiger partial charge on any atom is 0.322 e. The first-order chi connectivity index (χ1) is 17.8. The van der Waals surface area contributed by atoms with Crippen LogP contribution >= 0.6 is 22.9 Å². The lowest BCUT2D eigenvalue weighted by atomic mass is 10.1. The Kier molecular flexibility index (Phi) is 6.96. The average Bonchev–Trinajstić information content (AvgIpc) is 3.55. The zero-order chi connectivity index (χ0) is 26.1. The van der Waals surface area contributed by atoms with E-state index >= 15 is 4.39 Å². The molecule has 2 atom stereocenters. The molecule has 1 aliphatic rings. The summed E-state index contributed by atoms with van der Waals surface area (Å²) in [5, 5.41) is 8.50. The van der Waals surface area contributed by atoms with Crippen LogP contribution in [0, 0.1) is 5.82 Å². The van der Waals surface area contributed by atoms with Crippen LogP contribution in [-0.2, 0) is 9.53 Å². The normalized spacial score (nSPS) is 17.2. The summed E-state index contributed by atoms with van der Waals surface area (Å²) in [5.41, 5.74) is 0.549. The first kappa shape index (κ1) is 24.9. The summed E-state index contributed by atoms with van der Waals surface area (Å²) in [6, 6.07) is 13.0. The van der Waals surface area contributed by atoms with Gasteiger partial charge in [-0.05, 0) is 59.3 Å². The van der Waals surface area contributed by atoms with E-state index in [4.69, 9.17) is 16.3 Å². The van der Waals surface area contributed by atoms with Crippen molar-refractivity contribution in [3.05, 3.63) is 87.4 Å². The Morgan fingerprint density at radius 2 is 1.89 bits per heavy atom. The highest BCUT2D eigenvalue weighted by molar-refractivity contribution is 7.17. The van der Waals surface area contributed by atoms with Crippen molar-refractivity contribution >= 4 is 56.3 Å². The van der Waals surface area contributed by atoms with Gasteiger partial charge in [-0.2, -0.15) is 0 Å². The van der Waals surface area contributed by atoms with Gasteiger partial charge in [0.2, 0.25) is 5.91 Å². The van der Waals surface area contributed by atoms with Gasteiger partial charge in [0, 0.05) is 43.0 Å². The number of methoxy groups -OCH3 is 1. The maximum absolute atomic E-state index is 15.0. The lowest BCUT2D eigenvalue weighted by Crippen LogP contribution is -2.45. The molecule has 4 aromatic rings. The zero-order valence-corrected chi connectivity index (χ0v) is 21.2. The number of hydrogen-bond donors (Lipinski definition) is 2. The molecule has 1 aliphatic heterocycles. The van der Waals surface area contributed by atoms with Crippen LogP contribution in [0.1, 0.15) is 6.42 Å². The van der Waals surface area contributed by atoms with Crippen molar-refractivity contribution in [1.29, 1.82) is 0 Å². The molecule has 0 spiro atoms. The zero-order valence-electron chi connectivity index (χ0n) is 19.6. The predicted molar refractivity (Wildman–Crippen MR) is 142 cm³/mol. The molecule has 8 nitrogen and oxygen atoms in total. The van der Waals surface area contributed by atoms with Gasteiger partial charge in [-0.25, -0.2) is 9.18 Å². The number of amides is 3. The number of carbonyl (C=O) groups excluding carboxylic acids is 2. The van der Waals surface area contributed by atoms with E-state index in [-0.39, 0.29) is 30.3 Å². The van der Waals surface area contributed by atoms with Crippen LogP contribution in [-0.4, -0.2) is 47.2 Å². The number of halogens is 2. The highest BCUT2D eigenvalue weighted by Gasteiger charge is 2.40. The Bertz CT molecular complexity index is 1540. The van der Waals surface area contributed by atoms with E-state index < -0.39 is 23.8 Å². The topological polar surface area (TPSA) is 92.7 Å². The summed E-state index contributed by atoms with van der Waals surface area (Å²) < 4.78 is 22.4. The number of hydrogen-bond acceptors (Lipinski definition) is 5. The van der Waals surface area contributed by atoms with Gasteiger partial charge in [0.25, 0.3) is 5.56 Å². The Balaban J connectivity index is 1.33. The number of rotatable bonds is 5. The first-order valence-electron chi connectivity index (χ1n) is 11.4. The number of nitrogens with one attached hydrogen (secondary N) is 2. The van der Waals surface area contributed by atoms with E-state index in [0.717, 1.165) is 5.39 Å². The number of thiophene rings is 1. The summed E-state index contributed by atoms with van der Waals surface area (Å²) in [7, 11) is 1.51. The number of aromatic nitrogens is 1. The smallest absolute Gasteiger partial charge is 0.322 e. The van der Waals surface area contributed by atoms with Gasteiger partial charge < -0.3 is 20.3 Å². The van der Waals surface area contributed by atoms with Gasteiger partial charge in [-0.1, -0.05) is 11.6 Å². The van der Waals surface area contributed by atoms with Crippen molar-refractivity contribution in [2.24, 2.45) is 0 Å². The third-order valence-electron chi connectivity index (χ3n) is 6.26. The molecule has 1 fully saturated rings. The van der Waals surface area contributed by atoms with Gasteiger partial charge >= 0.3 is 6.03 Å². The van der Waals surface area contributed by atoms with Crippen LogP contribution in [0.3, 0.4) is 0 Å². The maximum atomic E-state index is 15.0. The van der Waals surface area contributed by atoms with Crippen LogP contribution in [0.4, 0.5) is 20.6 Å². The SMILES string of the molecule is CO[C@@H]1C[C@H](C(=O)Nc2ccc(-n3ccc4ccsc4c3=O)cc2F)N(C(=O)Nc2ccc(Cl)cc2)C1. The van der Waals surface area contributed by atoms with E-state index in [9.17, 15) is 14.4 Å². The molecule has 2 aromatic carbocycles. The molecule has 5 rings (SSSR count). The molecule has 1 saturated heterocycles. The number of anilines is 2. The third kappa shape index (κ3) is 5.08. The van der Waals surface area contributed by atoms with Crippen molar-refractivity contribution in [3.8, 4) is 5.69 Å². The summed E-state index contributed by atoms with van der Waals surface area (Å²) in [5.74, 6) is -1.25. The predicted octanol–water partition coefficient (Wildman–Crippen LogP) is 5.10. The van der Waals surface area contributed by atoms with E-state index in [1.807, 2.05) is 11.4 Å². The highest BCUT2D eigenvalue weighted by Crippen LogP contribution is 2.25. The summed E-state index contributed by atoms with van der Waals surface area (Å²) >= 11 is 7.22. The minimum Gasteiger partial charge on any atom is -0.380 e. The number of likely N-dealkylation sites (tertiary alicyclic amines) is 1. The molecule has 3 amide bonds. The molecule has 11 heteroatoms. The number of fused-ring (bicyclic) bond motifs is 1. The Morgan fingerprint density at radius 1 is 1.11 bits per heavy atom. The molecular formula is C26H22ClFN4O4S. The molecular weight excluding hydrogens is 519 g/mol. The molecule has 0 radical (unpaired) electrons. The van der Waals surface area contributed by atoms with Crippen LogP contribution in [0.2, 0.25) is 5.02 Å². The number of nitrogens with zero attached hydrogens (tertiary/aromatic N) is 2. The van der Waals surface area contributed by atoms with Gasteiger partial charge in [0.15, 0.2) is 0 Å². The molecule has 0 aliphatic carbocycles. The fraction of sp³-hybridized carbons (Fsp3) is 0.192. The van der Waals surface area contributed by atoms with Crippen LogP contribution in [0.25, 0.3) is 15.8 Å². The van der Waals surface area contributed by atoms with E-state index in [2.05, 4.69) is 10.6 Å². The first-order valence-corrected chi connectivity index (χ1v) is 12.7. The molecule has 190 valence electrons. The largest absolute Gasteiger partial charge is 0.380 e. The van der Waals surface area contributed by atoms with Crippen molar-refractivity contribution in [2.45, 2.75) is 18.6 Å². The van der Waals surface area contributed by atoms with Crippen molar-refractivity contribution in [1.82, 2.24) is 9.47 Å². The van der Waals surface area contributed by atoms with Gasteiger partial charge in [0.05, 0.1) is 17.5 Å². The van der Waals surface area contributed by atoms with Crippen LogP contribution in [0.5, 0.6) is 0 Å². The summed E-state index contributed by atoms with van der Waals surface area (Å²) in [6.07, 6.45) is 1.50. The molecule has 0 bridgehead atoms. The molecule has 0 saturated carbocycles. The summed E-state index contributed by atoms with van der Waals surface area (Å²) in [6.45, 7) is 0.198. The molecule has 3 heterocycles. The fourth-order valence-electron chi connectivity index (χ4n) is 4.30. The molecule has 37 heavy (non-hydrogen) atoms. The quantitative estimate of drug-likeness (QED) is 0.368. The molecule has 2 aromatic heterocycles. The summed E-state index contributed by atoms with van der Waals surface area (Å²) in [4.78, 5) is 40.2. The van der Waals surface area contributed by atoms with E-state index in [0.29, 0.717) is 21.1 Å². The average molecular weight is 541 g/mol. The second-order valence-electron chi connectivity index (χ2n) is 8.55. The van der Waals surface area contributed by atoms with E-state index in [1.54, 1.807) is 42.6 Å². The monoisotopic (exact) mass is 540 g/mol. The van der Waals surface area contributed by atoms with Crippen LogP contribution in [0.15, 0.2) is 71.0 Å². The van der Waals surface area contributed by atoms with Gasteiger partial charge in [-0.3, -0.25) is 14.2 Å². The van der Waals surface area contributed by atoms with Crippen molar-refractivity contribution < 1.29 is 18.7 Å². The third-order valence-corrected chi connectivity index (χ3v) is 7.43. The number of benzene rings is 2. The second-order valence-corrected chi connectivity index (χ2v) is 9.90. The molecule has 2 N–H and O–H groups in total. The number of urea groups is 1. The lowest BCUT2D eigenvalue weighted by molar-refractivity contribution is -0.119. The Hall–Kier alpha value is -3.73. The molecule has 0 unspecified atom stereocenters. The second kappa shape index (κ2) is 10.3. The lowest BCUT2D eigenvalue weighted by Gasteiger charge is -2.24.